The van der Waals surface area contributed by atoms with Crippen LogP contribution in [0.2, 0.25) is 0 Å². The highest BCUT2D eigenvalue weighted by molar-refractivity contribution is 5.97. The second-order valence-electron chi connectivity index (χ2n) is 6.78. The number of aryl methyl sites for hydroxylation is 1. The fourth-order valence-corrected chi connectivity index (χ4v) is 3.29. The number of carbonyl (C=O) groups excluding carboxylic acids is 2. The second-order valence-corrected chi connectivity index (χ2v) is 6.78. The number of esters is 1. The van der Waals surface area contributed by atoms with Gasteiger partial charge in [-0.2, -0.15) is 0 Å². The second kappa shape index (κ2) is 8.96. The van der Waals surface area contributed by atoms with Crippen LogP contribution >= 0.6 is 0 Å². The Balaban J connectivity index is 1.64. The van der Waals surface area contributed by atoms with Crippen LogP contribution in [0.5, 0.6) is 0 Å². The van der Waals surface area contributed by atoms with Gasteiger partial charge in [-0.15, -0.1) is 0 Å². The first-order valence-corrected chi connectivity index (χ1v) is 9.33. The Labute approximate surface area is 158 Å². The van der Waals surface area contributed by atoms with E-state index >= 15 is 0 Å². The van der Waals surface area contributed by atoms with E-state index < -0.39 is 0 Å². The molecule has 1 aliphatic rings. The van der Waals surface area contributed by atoms with Crippen LogP contribution in [0, 0.1) is 0 Å². The van der Waals surface area contributed by atoms with Crippen LogP contribution in [0.25, 0.3) is 11.0 Å². The fraction of sp³-hybridized carbons (Fsp3) is 0.526. The third kappa shape index (κ3) is 4.84. The van der Waals surface area contributed by atoms with Crippen molar-refractivity contribution >= 4 is 22.9 Å². The summed E-state index contributed by atoms with van der Waals surface area (Å²) in [6.45, 7) is 3.05. The van der Waals surface area contributed by atoms with Crippen LogP contribution in [-0.2, 0) is 23.1 Å². The zero-order valence-electron chi connectivity index (χ0n) is 15.9. The first kappa shape index (κ1) is 19.3. The molecule has 1 aromatic carbocycles. The van der Waals surface area contributed by atoms with Crippen molar-refractivity contribution in [1.29, 1.82) is 0 Å². The van der Waals surface area contributed by atoms with E-state index in [4.69, 9.17) is 4.98 Å². The SMILES string of the molecule is COC(=O)CCNC(=O)c1ccc2c(c1)nc(CNC1CCNCC1)n2C. The highest BCUT2D eigenvalue weighted by Gasteiger charge is 2.15. The van der Waals surface area contributed by atoms with E-state index in [0.29, 0.717) is 18.2 Å². The minimum absolute atomic E-state index is 0.153. The molecule has 0 aliphatic carbocycles. The number of imidazole rings is 1. The molecule has 0 radical (unpaired) electrons. The summed E-state index contributed by atoms with van der Waals surface area (Å²) in [4.78, 5) is 28.1. The van der Waals surface area contributed by atoms with Crippen LogP contribution < -0.4 is 16.0 Å². The van der Waals surface area contributed by atoms with E-state index in [2.05, 4.69) is 25.3 Å². The van der Waals surface area contributed by atoms with Gasteiger partial charge in [0, 0.05) is 25.2 Å². The smallest absolute Gasteiger partial charge is 0.307 e. The summed E-state index contributed by atoms with van der Waals surface area (Å²) in [5.41, 5.74) is 2.31. The summed E-state index contributed by atoms with van der Waals surface area (Å²) in [7, 11) is 3.32. The Morgan fingerprint density at radius 1 is 1.33 bits per heavy atom. The number of piperidine rings is 1. The normalized spacial score (nSPS) is 15.0. The molecule has 8 nitrogen and oxygen atoms in total. The molecule has 0 unspecified atom stereocenters. The van der Waals surface area contributed by atoms with E-state index in [9.17, 15) is 9.59 Å². The Hall–Kier alpha value is -2.45. The molecule has 8 heteroatoms. The van der Waals surface area contributed by atoms with Gasteiger partial charge in [-0.1, -0.05) is 0 Å². The number of carbonyl (C=O) groups is 2. The lowest BCUT2D eigenvalue weighted by molar-refractivity contribution is -0.140. The van der Waals surface area contributed by atoms with Crippen LogP contribution in [0.3, 0.4) is 0 Å². The zero-order chi connectivity index (χ0) is 19.2. The van der Waals surface area contributed by atoms with E-state index in [1.165, 1.54) is 7.11 Å². The van der Waals surface area contributed by atoms with Crippen molar-refractivity contribution in [3.05, 3.63) is 29.6 Å². The molecule has 1 amide bonds. The minimum atomic E-state index is -0.346. The summed E-state index contributed by atoms with van der Waals surface area (Å²) in [5.74, 6) is 0.383. The number of aromatic nitrogens is 2. The highest BCUT2D eigenvalue weighted by Crippen LogP contribution is 2.17. The maximum atomic E-state index is 12.3. The van der Waals surface area contributed by atoms with Gasteiger partial charge in [0.1, 0.15) is 5.82 Å². The minimum Gasteiger partial charge on any atom is -0.469 e. The summed E-state index contributed by atoms with van der Waals surface area (Å²) in [5, 5.41) is 9.66. The number of ether oxygens (including phenoxy) is 1. The number of nitrogens with one attached hydrogen (secondary N) is 3. The first-order valence-electron chi connectivity index (χ1n) is 9.33. The number of amides is 1. The molecule has 1 fully saturated rings. The van der Waals surface area contributed by atoms with Gasteiger partial charge < -0.3 is 25.3 Å². The van der Waals surface area contributed by atoms with E-state index in [-0.39, 0.29) is 24.8 Å². The van der Waals surface area contributed by atoms with E-state index in [0.717, 1.165) is 42.8 Å². The lowest BCUT2D eigenvalue weighted by Gasteiger charge is -2.23. The van der Waals surface area contributed by atoms with Gasteiger partial charge in [0.05, 0.1) is 31.1 Å². The fourth-order valence-electron chi connectivity index (χ4n) is 3.29. The number of nitrogens with zero attached hydrogens (tertiary/aromatic N) is 2. The Morgan fingerprint density at radius 3 is 2.85 bits per heavy atom. The third-order valence-electron chi connectivity index (χ3n) is 4.97. The molecule has 0 atom stereocenters. The molecule has 1 aromatic heterocycles. The Kier molecular flexibility index (Phi) is 6.41. The number of hydrogen-bond acceptors (Lipinski definition) is 6. The van der Waals surface area contributed by atoms with Crippen LogP contribution in [0.4, 0.5) is 0 Å². The number of rotatable bonds is 7. The van der Waals surface area contributed by atoms with Gasteiger partial charge in [0.25, 0.3) is 5.91 Å². The predicted molar refractivity (Wildman–Crippen MR) is 102 cm³/mol. The molecule has 0 spiro atoms. The molecular weight excluding hydrogens is 346 g/mol. The number of methoxy groups -OCH3 is 1. The van der Waals surface area contributed by atoms with Crippen molar-refractivity contribution in [3.8, 4) is 0 Å². The molecule has 3 N–H and O–H groups in total. The third-order valence-corrected chi connectivity index (χ3v) is 4.97. The molecule has 3 rings (SSSR count). The quantitative estimate of drug-likeness (QED) is 0.619. The van der Waals surface area contributed by atoms with Crippen LogP contribution in [0.15, 0.2) is 18.2 Å². The summed E-state index contributed by atoms with van der Waals surface area (Å²) < 4.78 is 6.62. The van der Waals surface area contributed by atoms with Crippen molar-refractivity contribution < 1.29 is 14.3 Å². The van der Waals surface area contributed by atoms with Gasteiger partial charge in [-0.25, -0.2) is 4.98 Å². The number of hydrogen-bond donors (Lipinski definition) is 3. The van der Waals surface area contributed by atoms with E-state index in [1.54, 1.807) is 12.1 Å². The van der Waals surface area contributed by atoms with Crippen molar-refractivity contribution in [1.82, 2.24) is 25.5 Å². The lowest BCUT2D eigenvalue weighted by atomic mass is 10.1. The standard InChI is InChI=1S/C19H27N5O3/c1-24-16-4-3-13(19(26)21-10-7-18(25)27-2)11-15(16)23-17(24)12-22-14-5-8-20-9-6-14/h3-4,11,14,20,22H,5-10,12H2,1-2H3,(H,21,26). The number of benzene rings is 1. The summed E-state index contributed by atoms with van der Waals surface area (Å²) in [6.07, 6.45) is 2.40. The van der Waals surface area contributed by atoms with Gasteiger partial charge >= 0.3 is 5.97 Å². The van der Waals surface area contributed by atoms with Crippen molar-refractivity contribution in [2.24, 2.45) is 7.05 Å². The molecule has 0 bridgehead atoms. The molecule has 2 aromatic rings. The average Bonchev–Trinajstić information content (AvgIpc) is 3.02. The van der Waals surface area contributed by atoms with Crippen molar-refractivity contribution in [2.75, 3.05) is 26.7 Å². The Morgan fingerprint density at radius 2 is 2.11 bits per heavy atom. The summed E-state index contributed by atoms with van der Waals surface area (Å²) >= 11 is 0. The van der Waals surface area contributed by atoms with E-state index in [1.807, 2.05) is 13.1 Å². The Bertz CT molecular complexity index is 811. The maximum absolute atomic E-state index is 12.3. The molecule has 1 saturated heterocycles. The number of fused-ring (bicyclic) bond motifs is 1. The molecule has 1 aliphatic heterocycles. The van der Waals surface area contributed by atoms with Gasteiger partial charge in [-0.3, -0.25) is 9.59 Å². The first-order chi connectivity index (χ1) is 13.1. The molecule has 0 saturated carbocycles. The molecule has 2 heterocycles. The maximum Gasteiger partial charge on any atom is 0.307 e. The van der Waals surface area contributed by atoms with Crippen molar-refractivity contribution in [3.63, 3.8) is 0 Å². The van der Waals surface area contributed by atoms with Crippen LogP contribution in [-0.4, -0.2) is 54.2 Å². The largest absolute Gasteiger partial charge is 0.469 e. The zero-order valence-corrected chi connectivity index (χ0v) is 15.9. The topological polar surface area (TPSA) is 97.3 Å². The monoisotopic (exact) mass is 373 g/mol. The van der Waals surface area contributed by atoms with Crippen molar-refractivity contribution in [2.45, 2.75) is 31.8 Å². The summed E-state index contributed by atoms with van der Waals surface area (Å²) in [6, 6.07) is 5.99. The average molecular weight is 373 g/mol. The lowest BCUT2D eigenvalue weighted by Crippen LogP contribution is -2.39. The van der Waals surface area contributed by atoms with Gasteiger partial charge in [0.2, 0.25) is 0 Å². The van der Waals surface area contributed by atoms with Gasteiger partial charge in [0.15, 0.2) is 0 Å². The molecular formula is C19H27N5O3. The highest BCUT2D eigenvalue weighted by atomic mass is 16.5. The molecule has 146 valence electrons. The predicted octanol–water partition coefficient (Wildman–Crippen LogP) is 0.708. The molecule has 27 heavy (non-hydrogen) atoms. The van der Waals surface area contributed by atoms with Crippen LogP contribution in [0.1, 0.15) is 35.4 Å². The van der Waals surface area contributed by atoms with Gasteiger partial charge in [-0.05, 0) is 44.1 Å².